The molecule has 0 radical (unpaired) electrons. The molecule has 0 bridgehead atoms. The fourth-order valence-corrected chi connectivity index (χ4v) is 3.05. The van der Waals surface area contributed by atoms with E-state index < -0.39 is 0 Å². The maximum atomic E-state index is 13.3. The number of carbonyl (C=O) groups excluding carboxylic acids is 2. The van der Waals surface area contributed by atoms with Gasteiger partial charge in [0.1, 0.15) is 5.82 Å². The van der Waals surface area contributed by atoms with E-state index in [0.29, 0.717) is 31.8 Å². The lowest BCUT2D eigenvalue weighted by molar-refractivity contribution is -0.151. The number of hydrogen-bond acceptors (Lipinski definition) is 4. The molecule has 3 rings (SSSR count). The molecular formula is C18H21FN2O4. The van der Waals surface area contributed by atoms with Gasteiger partial charge in [-0.3, -0.25) is 9.59 Å². The van der Waals surface area contributed by atoms with E-state index in [1.54, 1.807) is 24.1 Å². The third-order valence-corrected chi connectivity index (χ3v) is 4.26. The van der Waals surface area contributed by atoms with Crippen LogP contribution in [-0.2, 0) is 25.5 Å². The number of ether oxygens (including phenoxy) is 2. The molecule has 1 aliphatic heterocycles. The summed E-state index contributed by atoms with van der Waals surface area (Å²) in [5, 5.41) is 0.839. The summed E-state index contributed by atoms with van der Waals surface area (Å²) < 4.78 is 23.7. The van der Waals surface area contributed by atoms with E-state index in [0.717, 1.165) is 10.9 Å². The number of carbonyl (C=O) groups is 2. The number of nitrogens with zero attached hydrogens (tertiary/aromatic N) is 1. The van der Waals surface area contributed by atoms with Crippen LogP contribution in [0.2, 0.25) is 0 Å². The lowest BCUT2D eigenvalue weighted by atomic mass is 10.1. The molecule has 25 heavy (non-hydrogen) atoms. The maximum Gasteiger partial charge on any atom is 0.308 e. The molecule has 0 saturated carbocycles. The average Bonchev–Trinajstić information content (AvgIpc) is 2.97. The van der Waals surface area contributed by atoms with Crippen LogP contribution in [0.5, 0.6) is 0 Å². The minimum absolute atomic E-state index is 0.0395. The highest BCUT2D eigenvalue weighted by atomic mass is 19.1. The molecule has 1 aromatic carbocycles. The van der Waals surface area contributed by atoms with Crippen molar-refractivity contribution in [2.45, 2.75) is 25.9 Å². The van der Waals surface area contributed by atoms with Crippen LogP contribution in [0.15, 0.2) is 24.4 Å². The predicted molar refractivity (Wildman–Crippen MR) is 89.5 cm³/mol. The molecular weight excluding hydrogens is 327 g/mol. The minimum Gasteiger partial charge on any atom is -0.466 e. The van der Waals surface area contributed by atoms with E-state index in [9.17, 15) is 14.0 Å². The topological polar surface area (TPSA) is 71.6 Å². The van der Waals surface area contributed by atoms with Crippen LogP contribution in [0.1, 0.15) is 18.9 Å². The van der Waals surface area contributed by atoms with Crippen molar-refractivity contribution in [2.75, 3.05) is 26.3 Å². The summed E-state index contributed by atoms with van der Waals surface area (Å²) in [6.07, 6.45) is 1.76. The van der Waals surface area contributed by atoms with Crippen molar-refractivity contribution >= 4 is 22.8 Å². The number of H-pyrrole nitrogens is 1. The van der Waals surface area contributed by atoms with Crippen LogP contribution < -0.4 is 0 Å². The summed E-state index contributed by atoms with van der Waals surface area (Å²) >= 11 is 0. The van der Waals surface area contributed by atoms with Crippen molar-refractivity contribution in [3.05, 3.63) is 35.8 Å². The van der Waals surface area contributed by atoms with Gasteiger partial charge in [0.15, 0.2) is 0 Å². The second-order valence-electron chi connectivity index (χ2n) is 6.02. The zero-order valence-corrected chi connectivity index (χ0v) is 14.1. The third kappa shape index (κ3) is 4.17. The molecule has 134 valence electrons. The van der Waals surface area contributed by atoms with Crippen molar-refractivity contribution in [1.29, 1.82) is 0 Å². The highest BCUT2D eigenvalue weighted by Crippen LogP contribution is 2.21. The van der Waals surface area contributed by atoms with Gasteiger partial charge in [0, 0.05) is 30.2 Å². The molecule has 1 N–H and O–H groups in total. The van der Waals surface area contributed by atoms with E-state index >= 15 is 0 Å². The first-order valence-corrected chi connectivity index (χ1v) is 8.37. The fraction of sp³-hybridized carbons (Fsp3) is 0.444. The number of aromatic nitrogens is 1. The zero-order valence-electron chi connectivity index (χ0n) is 14.1. The first kappa shape index (κ1) is 17.4. The van der Waals surface area contributed by atoms with Crippen LogP contribution in [0.4, 0.5) is 4.39 Å². The Kier molecular flexibility index (Phi) is 5.33. The molecule has 0 aliphatic carbocycles. The number of benzene rings is 1. The Morgan fingerprint density at radius 1 is 1.44 bits per heavy atom. The van der Waals surface area contributed by atoms with Gasteiger partial charge in [0.2, 0.25) is 5.91 Å². The maximum absolute atomic E-state index is 13.3. The highest BCUT2D eigenvalue weighted by molar-refractivity contribution is 5.89. The molecule has 0 unspecified atom stereocenters. The SMILES string of the molecule is CCOC(=O)C[C@@H]1CN(C(=O)Cc2c[nH]c3cc(F)ccc23)CCO1. The summed E-state index contributed by atoms with van der Waals surface area (Å²) in [4.78, 5) is 28.9. The van der Waals surface area contributed by atoms with Gasteiger partial charge < -0.3 is 19.4 Å². The molecule has 6 nitrogen and oxygen atoms in total. The monoisotopic (exact) mass is 348 g/mol. The first-order chi connectivity index (χ1) is 12.1. The van der Waals surface area contributed by atoms with Crippen LogP contribution >= 0.6 is 0 Å². The Bertz CT molecular complexity index is 774. The van der Waals surface area contributed by atoms with Crippen molar-refractivity contribution in [3.63, 3.8) is 0 Å². The number of fused-ring (bicyclic) bond motifs is 1. The van der Waals surface area contributed by atoms with Gasteiger partial charge in [-0.2, -0.15) is 0 Å². The summed E-state index contributed by atoms with van der Waals surface area (Å²) in [5.74, 6) is -0.676. The minimum atomic E-state index is -0.339. The Morgan fingerprint density at radius 2 is 2.28 bits per heavy atom. The molecule has 1 amide bonds. The Balaban J connectivity index is 1.63. The predicted octanol–water partition coefficient (Wildman–Crippen LogP) is 2.03. The van der Waals surface area contributed by atoms with Gasteiger partial charge in [0.05, 0.1) is 32.2 Å². The lowest BCUT2D eigenvalue weighted by Gasteiger charge is -2.32. The first-order valence-electron chi connectivity index (χ1n) is 8.37. The molecule has 1 aliphatic rings. The van der Waals surface area contributed by atoms with Gasteiger partial charge in [-0.15, -0.1) is 0 Å². The Hall–Kier alpha value is -2.41. The molecule has 2 aromatic rings. The molecule has 1 atom stereocenters. The van der Waals surface area contributed by atoms with E-state index in [4.69, 9.17) is 9.47 Å². The number of esters is 1. The van der Waals surface area contributed by atoms with Gasteiger partial charge in [-0.05, 0) is 30.7 Å². The van der Waals surface area contributed by atoms with Gasteiger partial charge in [-0.1, -0.05) is 0 Å². The van der Waals surface area contributed by atoms with Crippen LogP contribution in [0.25, 0.3) is 10.9 Å². The number of aromatic amines is 1. The van der Waals surface area contributed by atoms with E-state index in [2.05, 4.69) is 4.98 Å². The fourth-order valence-electron chi connectivity index (χ4n) is 3.05. The summed E-state index contributed by atoms with van der Waals surface area (Å²) in [6.45, 7) is 3.34. The van der Waals surface area contributed by atoms with Crippen molar-refractivity contribution < 1.29 is 23.5 Å². The largest absolute Gasteiger partial charge is 0.466 e. The molecule has 1 fully saturated rings. The summed E-state index contributed by atoms with van der Waals surface area (Å²) in [6, 6.07) is 4.47. The Morgan fingerprint density at radius 3 is 3.08 bits per heavy atom. The van der Waals surface area contributed by atoms with Crippen molar-refractivity contribution in [3.8, 4) is 0 Å². The molecule has 0 spiro atoms. The number of nitrogens with one attached hydrogen (secondary N) is 1. The van der Waals surface area contributed by atoms with E-state index in [-0.39, 0.29) is 36.6 Å². The number of halogens is 1. The van der Waals surface area contributed by atoms with E-state index in [1.807, 2.05) is 0 Å². The molecule has 1 saturated heterocycles. The van der Waals surface area contributed by atoms with Crippen molar-refractivity contribution in [1.82, 2.24) is 9.88 Å². The number of amides is 1. The second kappa shape index (κ2) is 7.65. The number of morpholine rings is 1. The quantitative estimate of drug-likeness (QED) is 0.840. The number of rotatable bonds is 5. The zero-order chi connectivity index (χ0) is 17.8. The molecule has 1 aromatic heterocycles. The normalized spacial score (nSPS) is 17.7. The number of hydrogen-bond donors (Lipinski definition) is 1. The standard InChI is InChI=1S/C18H21FN2O4/c1-2-24-18(23)9-14-11-21(5-6-25-14)17(22)7-12-10-20-16-8-13(19)3-4-15(12)16/h3-4,8,10,14,20H,2,5-7,9,11H2,1H3/t14-/m1/s1. The lowest BCUT2D eigenvalue weighted by Crippen LogP contribution is -2.46. The molecule has 2 heterocycles. The Labute approximate surface area is 144 Å². The third-order valence-electron chi connectivity index (χ3n) is 4.26. The van der Waals surface area contributed by atoms with Crippen LogP contribution in [0.3, 0.4) is 0 Å². The second-order valence-corrected chi connectivity index (χ2v) is 6.02. The van der Waals surface area contributed by atoms with Gasteiger partial charge >= 0.3 is 5.97 Å². The van der Waals surface area contributed by atoms with Crippen molar-refractivity contribution in [2.24, 2.45) is 0 Å². The smallest absolute Gasteiger partial charge is 0.308 e. The summed E-state index contributed by atoms with van der Waals surface area (Å²) in [7, 11) is 0. The van der Waals surface area contributed by atoms with Gasteiger partial charge in [0.25, 0.3) is 0 Å². The van der Waals surface area contributed by atoms with E-state index in [1.165, 1.54) is 12.1 Å². The van der Waals surface area contributed by atoms with Crippen LogP contribution in [-0.4, -0.2) is 54.2 Å². The average molecular weight is 348 g/mol. The van der Waals surface area contributed by atoms with Gasteiger partial charge in [-0.25, -0.2) is 4.39 Å². The molecule has 7 heteroatoms. The highest BCUT2D eigenvalue weighted by Gasteiger charge is 2.26. The van der Waals surface area contributed by atoms with Crippen LogP contribution in [0, 0.1) is 5.82 Å². The summed E-state index contributed by atoms with van der Waals surface area (Å²) in [5.41, 5.74) is 1.50.